The second kappa shape index (κ2) is 4.61. The van der Waals surface area contributed by atoms with Crippen molar-refractivity contribution in [3.63, 3.8) is 0 Å². The molecule has 0 aliphatic carbocycles. The Morgan fingerprint density at radius 1 is 1.25 bits per heavy atom. The van der Waals surface area contributed by atoms with Crippen molar-refractivity contribution in [1.82, 2.24) is 24.6 Å². The van der Waals surface area contributed by atoms with E-state index in [-0.39, 0.29) is 6.03 Å². The van der Waals surface area contributed by atoms with Gasteiger partial charge in [-0.3, -0.25) is 4.90 Å². The number of aromatic nitrogens is 3. The maximum absolute atomic E-state index is 11.9. The molecule has 1 saturated heterocycles. The predicted molar refractivity (Wildman–Crippen MR) is 59.1 cm³/mol. The smallest absolute Gasteiger partial charge is 0.320 e. The summed E-state index contributed by atoms with van der Waals surface area (Å²) in [5.74, 6) is 0. The molecule has 1 aliphatic rings. The molecule has 0 bridgehead atoms. The number of piperazine rings is 1. The Morgan fingerprint density at radius 3 is 2.44 bits per heavy atom. The molecule has 0 spiro atoms. The van der Waals surface area contributed by atoms with Crippen LogP contribution < -0.4 is 0 Å². The lowest BCUT2D eigenvalue weighted by atomic mass is 10.2. The summed E-state index contributed by atoms with van der Waals surface area (Å²) in [7, 11) is 0. The Hall–Kier alpha value is -1.43. The van der Waals surface area contributed by atoms with Crippen molar-refractivity contribution < 1.29 is 4.79 Å². The van der Waals surface area contributed by atoms with Crippen molar-refractivity contribution in [1.29, 1.82) is 0 Å². The van der Waals surface area contributed by atoms with Crippen molar-refractivity contribution in [3.8, 4) is 0 Å². The molecule has 0 aromatic carbocycles. The van der Waals surface area contributed by atoms with Gasteiger partial charge in [0.25, 0.3) is 0 Å². The minimum Gasteiger partial charge on any atom is -0.320 e. The van der Waals surface area contributed by atoms with Gasteiger partial charge in [0.2, 0.25) is 0 Å². The third-order valence-corrected chi connectivity index (χ3v) is 2.93. The van der Waals surface area contributed by atoms with Crippen molar-refractivity contribution >= 4 is 6.03 Å². The molecule has 0 radical (unpaired) electrons. The van der Waals surface area contributed by atoms with Crippen molar-refractivity contribution in [3.05, 3.63) is 12.7 Å². The van der Waals surface area contributed by atoms with E-state index in [0.717, 1.165) is 26.2 Å². The van der Waals surface area contributed by atoms with Crippen LogP contribution >= 0.6 is 0 Å². The lowest BCUT2D eigenvalue weighted by Crippen LogP contribution is -2.51. The number of nitrogens with zero attached hydrogens (tertiary/aromatic N) is 5. The van der Waals surface area contributed by atoms with Gasteiger partial charge in [-0.15, -0.1) is 0 Å². The van der Waals surface area contributed by atoms with Crippen LogP contribution in [-0.4, -0.2) is 62.8 Å². The Labute approximate surface area is 94.9 Å². The number of carbonyl (C=O) groups is 1. The summed E-state index contributed by atoms with van der Waals surface area (Å²) < 4.78 is 1.28. The highest BCUT2D eigenvalue weighted by Crippen LogP contribution is 2.06. The van der Waals surface area contributed by atoms with Gasteiger partial charge in [0.1, 0.15) is 12.7 Å². The summed E-state index contributed by atoms with van der Waals surface area (Å²) in [5.41, 5.74) is 0. The molecule has 2 heterocycles. The summed E-state index contributed by atoms with van der Waals surface area (Å²) in [6, 6.07) is 0.463. The third kappa shape index (κ3) is 2.21. The zero-order chi connectivity index (χ0) is 11.5. The van der Waals surface area contributed by atoms with Crippen molar-refractivity contribution in [2.75, 3.05) is 26.2 Å². The molecule has 88 valence electrons. The molecular formula is C10H17N5O. The van der Waals surface area contributed by atoms with Gasteiger partial charge < -0.3 is 4.90 Å². The molecule has 0 unspecified atom stereocenters. The Morgan fingerprint density at radius 2 is 1.94 bits per heavy atom. The number of carbonyl (C=O) groups excluding carboxylic acids is 1. The molecule has 0 atom stereocenters. The summed E-state index contributed by atoms with van der Waals surface area (Å²) in [5, 5.41) is 3.85. The van der Waals surface area contributed by atoms with Gasteiger partial charge in [-0.2, -0.15) is 9.78 Å². The van der Waals surface area contributed by atoms with Gasteiger partial charge in [0.15, 0.2) is 0 Å². The van der Waals surface area contributed by atoms with E-state index in [1.165, 1.54) is 17.3 Å². The van der Waals surface area contributed by atoms with E-state index in [0.29, 0.717) is 6.04 Å². The highest BCUT2D eigenvalue weighted by atomic mass is 16.2. The molecule has 0 N–H and O–H groups in total. The van der Waals surface area contributed by atoms with E-state index >= 15 is 0 Å². The first kappa shape index (κ1) is 11.1. The fourth-order valence-corrected chi connectivity index (χ4v) is 1.88. The normalized spacial score (nSPS) is 18.1. The lowest BCUT2D eigenvalue weighted by molar-refractivity contribution is 0.118. The van der Waals surface area contributed by atoms with Crippen LogP contribution in [0.1, 0.15) is 13.8 Å². The Kier molecular flexibility index (Phi) is 3.19. The summed E-state index contributed by atoms with van der Waals surface area (Å²) in [6.07, 6.45) is 2.82. The second-order valence-corrected chi connectivity index (χ2v) is 4.24. The third-order valence-electron chi connectivity index (χ3n) is 2.93. The number of hydrogen-bond acceptors (Lipinski definition) is 4. The first-order valence-corrected chi connectivity index (χ1v) is 5.56. The highest BCUT2D eigenvalue weighted by molar-refractivity contribution is 5.75. The van der Waals surface area contributed by atoms with Gasteiger partial charge >= 0.3 is 6.03 Å². The fraction of sp³-hybridized carbons (Fsp3) is 0.700. The summed E-state index contributed by atoms with van der Waals surface area (Å²) in [4.78, 5) is 19.9. The maximum atomic E-state index is 11.9. The molecule has 1 aromatic rings. The van der Waals surface area contributed by atoms with E-state index in [2.05, 4.69) is 28.8 Å². The van der Waals surface area contributed by atoms with Crippen LogP contribution in [0.15, 0.2) is 12.7 Å². The van der Waals surface area contributed by atoms with Crippen molar-refractivity contribution in [2.45, 2.75) is 19.9 Å². The van der Waals surface area contributed by atoms with Gasteiger partial charge in [-0.25, -0.2) is 9.78 Å². The first-order valence-electron chi connectivity index (χ1n) is 5.56. The SMILES string of the molecule is CC(C)N1CCN(C(=O)n2cncn2)CC1. The fourth-order valence-electron chi connectivity index (χ4n) is 1.88. The van der Waals surface area contributed by atoms with Crippen LogP contribution in [0.25, 0.3) is 0 Å². The quantitative estimate of drug-likeness (QED) is 0.686. The van der Waals surface area contributed by atoms with Gasteiger partial charge in [-0.1, -0.05) is 0 Å². The molecule has 6 heteroatoms. The van der Waals surface area contributed by atoms with E-state index in [4.69, 9.17) is 0 Å². The molecule has 0 saturated carbocycles. The van der Waals surface area contributed by atoms with Crippen LogP contribution in [0.4, 0.5) is 4.79 Å². The standard InChI is InChI=1S/C10H17N5O/c1-9(2)13-3-5-14(6-4-13)10(16)15-8-11-7-12-15/h7-9H,3-6H2,1-2H3. The summed E-state index contributed by atoms with van der Waals surface area (Å²) >= 11 is 0. The monoisotopic (exact) mass is 223 g/mol. The van der Waals surface area contributed by atoms with Gasteiger partial charge in [0.05, 0.1) is 0 Å². The van der Waals surface area contributed by atoms with E-state index in [1.807, 2.05) is 4.90 Å². The molecule has 6 nitrogen and oxygen atoms in total. The van der Waals surface area contributed by atoms with Crippen LogP contribution in [-0.2, 0) is 0 Å². The molecule has 1 fully saturated rings. The Balaban J connectivity index is 1.92. The molecule has 1 aliphatic heterocycles. The number of amides is 1. The predicted octanol–water partition coefficient (Wildman–Crippen LogP) is 0.272. The topological polar surface area (TPSA) is 54.3 Å². The van der Waals surface area contributed by atoms with Crippen LogP contribution in [0.3, 0.4) is 0 Å². The average Bonchev–Trinajstić information content (AvgIpc) is 2.81. The molecule has 1 amide bonds. The van der Waals surface area contributed by atoms with E-state index in [9.17, 15) is 4.79 Å². The summed E-state index contributed by atoms with van der Waals surface area (Å²) in [6.45, 7) is 7.73. The molecule has 2 rings (SSSR count). The minimum atomic E-state index is -0.0825. The number of rotatable bonds is 1. The van der Waals surface area contributed by atoms with Crippen LogP contribution in [0.2, 0.25) is 0 Å². The average molecular weight is 223 g/mol. The first-order chi connectivity index (χ1) is 7.68. The van der Waals surface area contributed by atoms with Gasteiger partial charge in [0, 0.05) is 32.2 Å². The molecule has 16 heavy (non-hydrogen) atoms. The largest absolute Gasteiger partial charge is 0.346 e. The van der Waals surface area contributed by atoms with Gasteiger partial charge in [-0.05, 0) is 13.8 Å². The Bertz CT molecular complexity index is 340. The lowest BCUT2D eigenvalue weighted by Gasteiger charge is -2.36. The highest BCUT2D eigenvalue weighted by Gasteiger charge is 2.23. The molecule has 1 aromatic heterocycles. The zero-order valence-corrected chi connectivity index (χ0v) is 9.70. The van der Waals surface area contributed by atoms with E-state index < -0.39 is 0 Å². The minimum absolute atomic E-state index is 0.0825. The zero-order valence-electron chi connectivity index (χ0n) is 9.70. The van der Waals surface area contributed by atoms with E-state index in [1.54, 1.807) is 0 Å². The van der Waals surface area contributed by atoms with Crippen LogP contribution in [0, 0.1) is 0 Å². The van der Waals surface area contributed by atoms with Crippen LogP contribution in [0.5, 0.6) is 0 Å². The second-order valence-electron chi connectivity index (χ2n) is 4.24. The number of hydrogen-bond donors (Lipinski definition) is 0. The maximum Gasteiger partial charge on any atom is 0.346 e. The van der Waals surface area contributed by atoms with Crippen molar-refractivity contribution in [2.24, 2.45) is 0 Å². The molecular weight excluding hydrogens is 206 g/mol.